The Hall–Kier alpha value is -0.300. The first-order valence-electron chi connectivity index (χ1n) is 6.63. The molecule has 0 aliphatic carbocycles. The molecule has 0 fully saturated rings. The van der Waals surface area contributed by atoms with E-state index in [4.69, 9.17) is 5.73 Å². The van der Waals surface area contributed by atoms with Crippen LogP contribution in [-0.4, -0.2) is 6.04 Å². The zero-order valence-corrected chi connectivity index (χ0v) is 10.6. The van der Waals surface area contributed by atoms with E-state index in [1.807, 2.05) is 6.92 Å². The molecule has 1 unspecified atom stereocenters. The maximum Gasteiger partial charge on any atom is 0.0184 e. The molecule has 1 radical (unpaired) electrons. The van der Waals surface area contributed by atoms with Crippen LogP contribution in [0.25, 0.3) is 0 Å². The van der Waals surface area contributed by atoms with E-state index >= 15 is 0 Å². The van der Waals surface area contributed by atoms with Crippen LogP contribution < -0.4 is 5.73 Å². The van der Waals surface area contributed by atoms with Gasteiger partial charge in [0.2, 0.25) is 0 Å². The van der Waals surface area contributed by atoms with Crippen LogP contribution in [0, 0.1) is 0 Å². The van der Waals surface area contributed by atoms with Crippen molar-refractivity contribution in [2.24, 2.45) is 0 Å². The molecule has 0 aromatic carbocycles. The predicted octanol–water partition coefficient (Wildman–Crippen LogP) is 4.74. The van der Waals surface area contributed by atoms with Crippen molar-refractivity contribution in [1.29, 1.82) is 0 Å². The van der Waals surface area contributed by atoms with Gasteiger partial charge in [-0.25, -0.2) is 0 Å². The van der Waals surface area contributed by atoms with Crippen LogP contribution in [0.2, 0.25) is 0 Å². The van der Waals surface area contributed by atoms with Gasteiger partial charge >= 0.3 is 0 Å². The van der Waals surface area contributed by atoms with Gasteiger partial charge in [0.1, 0.15) is 0 Å². The summed E-state index contributed by atoms with van der Waals surface area (Å²) in [5.41, 5.74) is 7.38. The Morgan fingerprint density at radius 2 is 1.53 bits per heavy atom. The standard InChI is InChI=1S/C14H28N/c1-3-4-5-6-7-8-9-10-11-12-13-14(2)15/h6-7,14-15H,3-5,8-13H2,1-2H3/b7-6+. The van der Waals surface area contributed by atoms with Crippen LogP contribution in [0.5, 0.6) is 0 Å². The summed E-state index contributed by atoms with van der Waals surface area (Å²) in [6.45, 7) is 4.22. The average Bonchev–Trinajstić information content (AvgIpc) is 2.20. The summed E-state index contributed by atoms with van der Waals surface area (Å²) in [6, 6.07) is 0.138. The molecule has 1 nitrogen and oxygen atoms in total. The Balaban J connectivity index is 3.01. The topological polar surface area (TPSA) is 23.8 Å². The fraction of sp³-hybridized carbons (Fsp3) is 0.857. The normalized spacial score (nSPS) is 13.5. The second kappa shape index (κ2) is 11.8. The van der Waals surface area contributed by atoms with Gasteiger partial charge in [-0.3, -0.25) is 5.73 Å². The third-order valence-corrected chi connectivity index (χ3v) is 2.65. The molecule has 0 aliphatic heterocycles. The highest BCUT2D eigenvalue weighted by molar-refractivity contribution is 4.81. The van der Waals surface area contributed by atoms with Gasteiger partial charge in [-0.2, -0.15) is 0 Å². The molecule has 89 valence electrons. The molecular weight excluding hydrogens is 182 g/mol. The van der Waals surface area contributed by atoms with Gasteiger partial charge < -0.3 is 0 Å². The maximum atomic E-state index is 7.38. The van der Waals surface area contributed by atoms with Crippen molar-refractivity contribution < 1.29 is 0 Å². The van der Waals surface area contributed by atoms with Crippen molar-refractivity contribution in [1.82, 2.24) is 5.73 Å². The quantitative estimate of drug-likeness (QED) is 0.367. The fourth-order valence-corrected chi connectivity index (χ4v) is 1.62. The average molecular weight is 210 g/mol. The molecule has 0 amide bonds. The highest BCUT2D eigenvalue weighted by atomic mass is 14.6. The molecule has 1 N–H and O–H groups in total. The molecule has 15 heavy (non-hydrogen) atoms. The van der Waals surface area contributed by atoms with E-state index in [2.05, 4.69) is 19.1 Å². The SMILES string of the molecule is CCCC/C=C/CCCCCCC(C)[NH]. The first kappa shape index (κ1) is 14.7. The summed E-state index contributed by atoms with van der Waals surface area (Å²) in [6.07, 6.45) is 16.1. The van der Waals surface area contributed by atoms with Crippen molar-refractivity contribution in [2.75, 3.05) is 0 Å². The van der Waals surface area contributed by atoms with Crippen LogP contribution in [0.15, 0.2) is 12.2 Å². The minimum Gasteiger partial charge on any atom is -0.255 e. The summed E-state index contributed by atoms with van der Waals surface area (Å²) in [5, 5.41) is 0. The predicted molar refractivity (Wildman–Crippen MR) is 68.9 cm³/mol. The van der Waals surface area contributed by atoms with Gasteiger partial charge in [-0.1, -0.05) is 51.2 Å². The summed E-state index contributed by atoms with van der Waals surface area (Å²) in [5.74, 6) is 0. The van der Waals surface area contributed by atoms with Crippen molar-refractivity contribution in [2.45, 2.75) is 77.7 Å². The molecule has 0 saturated heterocycles. The highest BCUT2D eigenvalue weighted by Crippen LogP contribution is 2.07. The van der Waals surface area contributed by atoms with Gasteiger partial charge in [-0.05, 0) is 32.6 Å². The van der Waals surface area contributed by atoms with Gasteiger partial charge in [0, 0.05) is 6.04 Å². The molecule has 0 aromatic rings. The van der Waals surface area contributed by atoms with E-state index < -0.39 is 0 Å². The minimum atomic E-state index is 0.138. The largest absolute Gasteiger partial charge is 0.255 e. The summed E-state index contributed by atoms with van der Waals surface area (Å²) >= 11 is 0. The molecule has 0 heterocycles. The van der Waals surface area contributed by atoms with E-state index in [0.29, 0.717) is 0 Å². The van der Waals surface area contributed by atoms with Crippen molar-refractivity contribution in [3.05, 3.63) is 12.2 Å². The first-order chi connectivity index (χ1) is 7.27. The molecule has 1 atom stereocenters. The van der Waals surface area contributed by atoms with Crippen LogP contribution in [0.4, 0.5) is 0 Å². The second-order valence-corrected chi connectivity index (χ2v) is 4.51. The lowest BCUT2D eigenvalue weighted by Crippen LogP contribution is -2.00. The zero-order chi connectivity index (χ0) is 11.4. The fourth-order valence-electron chi connectivity index (χ4n) is 1.62. The van der Waals surface area contributed by atoms with Gasteiger partial charge in [0.05, 0.1) is 0 Å². The third-order valence-electron chi connectivity index (χ3n) is 2.65. The first-order valence-corrected chi connectivity index (χ1v) is 6.63. The van der Waals surface area contributed by atoms with Gasteiger partial charge in [0.15, 0.2) is 0 Å². The smallest absolute Gasteiger partial charge is 0.0184 e. The van der Waals surface area contributed by atoms with Crippen LogP contribution >= 0.6 is 0 Å². The molecule has 1 heteroatoms. The van der Waals surface area contributed by atoms with E-state index in [0.717, 1.165) is 6.42 Å². The van der Waals surface area contributed by atoms with Crippen molar-refractivity contribution in [3.8, 4) is 0 Å². The molecule has 0 saturated carbocycles. The second-order valence-electron chi connectivity index (χ2n) is 4.51. The van der Waals surface area contributed by atoms with Crippen molar-refractivity contribution in [3.63, 3.8) is 0 Å². The third kappa shape index (κ3) is 13.7. The Labute approximate surface area is 96.1 Å². The number of allylic oxidation sites excluding steroid dienone is 2. The van der Waals surface area contributed by atoms with E-state index in [1.54, 1.807) is 0 Å². The summed E-state index contributed by atoms with van der Waals surface area (Å²) < 4.78 is 0. The maximum absolute atomic E-state index is 7.38. The number of rotatable bonds is 10. The minimum absolute atomic E-state index is 0.138. The monoisotopic (exact) mass is 210 g/mol. The highest BCUT2D eigenvalue weighted by Gasteiger charge is 1.94. The lowest BCUT2D eigenvalue weighted by molar-refractivity contribution is 0.560. The Kier molecular flexibility index (Phi) is 11.5. The summed E-state index contributed by atoms with van der Waals surface area (Å²) in [4.78, 5) is 0. The van der Waals surface area contributed by atoms with Crippen molar-refractivity contribution >= 4 is 0 Å². The zero-order valence-electron chi connectivity index (χ0n) is 10.6. The summed E-state index contributed by atoms with van der Waals surface area (Å²) in [7, 11) is 0. The number of unbranched alkanes of at least 4 members (excludes halogenated alkanes) is 6. The number of hydrogen-bond acceptors (Lipinski definition) is 0. The van der Waals surface area contributed by atoms with Crippen LogP contribution in [-0.2, 0) is 0 Å². The van der Waals surface area contributed by atoms with E-state index in [1.165, 1.54) is 51.4 Å². The number of hydrogen-bond donors (Lipinski definition) is 0. The lowest BCUT2D eigenvalue weighted by Gasteiger charge is -2.02. The molecular formula is C14H28N. The van der Waals surface area contributed by atoms with Gasteiger partial charge in [0.25, 0.3) is 0 Å². The molecule has 0 bridgehead atoms. The molecule has 0 aliphatic rings. The Morgan fingerprint density at radius 1 is 0.933 bits per heavy atom. The molecule has 0 aromatic heterocycles. The van der Waals surface area contributed by atoms with E-state index in [-0.39, 0.29) is 6.04 Å². The Bertz CT molecular complexity index is 138. The Morgan fingerprint density at radius 3 is 2.13 bits per heavy atom. The van der Waals surface area contributed by atoms with Gasteiger partial charge in [-0.15, -0.1) is 0 Å². The van der Waals surface area contributed by atoms with E-state index in [9.17, 15) is 0 Å². The van der Waals surface area contributed by atoms with Crippen LogP contribution in [0.1, 0.15) is 71.6 Å². The van der Waals surface area contributed by atoms with Crippen LogP contribution in [0.3, 0.4) is 0 Å². The molecule has 0 rings (SSSR count). The lowest BCUT2D eigenvalue weighted by atomic mass is 10.1. The number of nitrogens with one attached hydrogen (secondary N) is 1. The molecule has 0 spiro atoms.